The second-order valence-electron chi connectivity index (χ2n) is 7.39. The van der Waals surface area contributed by atoms with Gasteiger partial charge in [-0.05, 0) is 62.4 Å². The Bertz CT molecular complexity index is 1140. The van der Waals surface area contributed by atoms with Crippen LogP contribution in [0.15, 0.2) is 72.8 Å². The van der Waals surface area contributed by atoms with Crippen molar-refractivity contribution < 1.29 is 9.90 Å². The van der Waals surface area contributed by atoms with Crippen molar-refractivity contribution in [1.29, 1.82) is 5.26 Å². The monoisotopic (exact) mass is 417 g/mol. The van der Waals surface area contributed by atoms with Crippen LogP contribution >= 0.6 is 11.6 Å². The minimum atomic E-state index is -1.69. The molecule has 5 nitrogen and oxygen atoms in total. The van der Waals surface area contributed by atoms with E-state index in [-0.39, 0.29) is 6.03 Å². The van der Waals surface area contributed by atoms with Crippen LogP contribution in [0.25, 0.3) is 0 Å². The number of aryl methyl sites for hydroxylation is 1. The number of carbonyl (C=O) groups is 1. The van der Waals surface area contributed by atoms with Crippen LogP contribution in [0.5, 0.6) is 0 Å². The summed E-state index contributed by atoms with van der Waals surface area (Å²) in [5.74, 6) is 0. The average molecular weight is 418 g/mol. The molecule has 0 radical (unpaired) electrons. The molecule has 1 aliphatic rings. The molecule has 2 unspecified atom stereocenters. The summed E-state index contributed by atoms with van der Waals surface area (Å²) in [6, 6.07) is 22.2. The number of anilines is 2. The lowest BCUT2D eigenvalue weighted by Crippen LogP contribution is -2.48. The van der Waals surface area contributed by atoms with E-state index in [9.17, 15) is 15.2 Å². The van der Waals surface area contributed by atoms with E-state index in [1.165, 1.54) is 4.90 Å². The summed E-state index contributed by atoms with van der Waals surface area (Å²) < 4.78 is 0. The summed E-state index contributed by atoms with van der Waals surface area (Å²) in [7, 11) is 0. The second-order valence-corrected chi connectivity index (χ2v) is 7.83. The van der Waals surface area contributed by atoms with Gasteiger partial charge in [-0.3, -0.25) is 9.80 Å². The first kappa shape index (κ1) is 20.0. The molecule has 0 aromatic heterocycles. The highest BCUT2D eigenvalue weighted by molar-refractivity contribution is 6.30. The van der Waals surface area contributed by atoms with Crippen LogP contribution in [0.1, 0.15) is 23.6 Å². The Balaban J connectivity index is 1.91. The zero-order valence-electron chi connectivity index (χ0n) is 16.6. The van der Waals surface area contributed by atoms with Gasteiger partial charge < -0.3 is 5.11 Å². The lowest BCUT2D eigenvalue weighted by molar-refractivity contribution is 0.0372. The number of benzene rings is 3. The van der Waals surface area contributed by atoms with E-state index in [4.69, 9.17) is 11.6 Å². The van der Waals surface area contributed by atoms with E-state index in [0.717, 1.165) is 5.56 Å². The van der Waals surface area contributed by atoms with Gasteiger partial charge in [0.1, 0.15) is 0 Å². The van der Waals surface area contributed by atoms with Gasteiger partial charge in [-0.25, -0.2) is 4.79 Å². The first-order valence-electron chi connectivity index (χ1n) is 9.55. The van der Waals surface area contributed by atoms with Gasteiger partial charge >= 0.3 is 6.03 Å². The molecule has 2 atom stereocenters. The largest absolute Gasteiger partial charge is 0.365 e. The summed E-state index contributed by atoms with van der Waals surface area (Å²) in [6.45, 7) is 3.77. The zero-order chi connectivity index (χ0) is 21.5. The van der Waals surface area contributed by atoms with E-state index in [2.05, 4.69) is 6.07 Å². The van der Waals surface area contributed by atoms with E-state index in [1.807, 2.05) is 31.2 Å². The van der Waals surface area contributed by atoms with Crippen molar-refractivity contribution in [3.8, 4) is 6.07 Å². The van der Waals surface area contributed by atoms with Crippen LogP contribution < -0.4 is 9.80 Å². The Hall–Kier alpha value is -3.33. The molecule has 1 heterocycles. The second kappa shape index (κ2) is 7.49. The van der Waals surface area contributed by atoms with Crippen LogP contribution in [-0.4, -0.2) is 17.2 Å². The number of aliphatic hydroxyl groups is 1. The summed E-state index contributed by atoms with van der Waals surface area (Å²) in [5, 5.41) is 21.9. The molecule has 3 aromatic rings. The van der Waals surface area contributed by atoms with Crippen molar-refractivity contribution in [3.63, 3.8) is 0 Å². The predicted molar refractivity (Wildman–Crippen MR) is 118 cm³/mol. The van der Waals surface area contributed by atoms with Crippen molar-refractivity contribution in [2.24, 2.45) is 0 Å². The predicted octanol–water partition coefficient (Wildman–Crippen LogP) is 5.20. The highest BCUT2D eigenvalue weighted by atomic mass is 35.5. The minimum Gasteiger partial charge on any atom is -0.365 e. The number of amides is 2. The topological polar surface area (TPSA) is 67.6 Å². The smallest absolute Gasteiger partial charge is 0.332 e. The van der Waals surface area contributed by atoms with Crippen molar-refractivity contribution in [3.05, 3.63) is 94.5 Å². The van der Waals surface area contributed by atoms with Gasteiger partial charge in [0, 0.05) is 22.0 Å². The Morgan fingerprint density at radius 2 is 1.67 bits per heavy atom. The molecule has 4 rings (SSSR count). The third-order valence-corrected chi connectivity index (χ3v) is 5.77. The van der Waals surface area contributed by atoms with Crippen molar-refractivity contribution in [2.45, 2.75) is 25.6 Å². The molecule has 2 amide bonds. The SMILES string of the molecule is Cc1ccc(N2C(=O)N(c3ccc(Cl)cc3)C(O)(c3cccc(C#N)c3)C2C)cc1. The third-order valence-electron chi connectivity index (χ3n) is 5.52. The van der Waals surface area contributed by atoms with Crippen LogP contribution in [0.2, 0.25) is 5.02 Å². The Labute approximate surface area is 180 Å². The van der Waals surface area contributed by atoms with Gasteiger partial charge in [0.05, 0.1) is 17.7 Å². The average Bonchev–Trinajstić information content (AvgIpc) is 2.96. The first-order valence-corrected chi connectivity index (χ1v) is 9.92. The number of hydrogen-bond donors (Lipinski definition) is 1. The number of carbonyl (C=O) groups excluding carboxylic acids is 1. The number of nitriles is 1. The molecule has 0 aliphatic carbocycles. The molecule has 150 valence electrons. The van der Waals surface area contributed by atoms with Crippen molar-refractivity contribution in [2.75, 3.05) is 9.80 Å². The molecule has 0 saturated carbocycles. The standard InChI is InChI=1S/C24H20ClN3O2/c1-16-6-10-21(11-7-16)27-17(2)24(30,19-5-3-4-18(14-19)15-26)28(23(27)29)22-12-8-20(25)9-13-22/h3-14,17,30H,1-2H3. The molecule has 3 aromatic carbocycles. The number of rotatable bonds is 3. The lowest BCUT2D eigenvalue weighted by Gasteiger charge is -2.35. The zero-order valence-corrected chi connectivity index (χ0v) is 17.3. The maximum absolute atomic E-state index is 13.6. The summed E-state index contributed by atoms with van der Waals surface area (Å²) in [4.78, 5) is 16.6. The van der Waals surface area contributed by atoms with Crippen molar-refractivity contribution in [1.82, 2.24) is 0 Å². The van der Waals surface area contributed by atoms with Crippen molar-refractivity contribution >= 4 is 29.0 Å². The number of halogens is 1. The summed E-state index contributed by atoms with van der Waals surface area (Å²) in [6.07, 6.45) is 0. The molecule has 1 aliphatic heterocycles. The fourth-order valence-electron chi connectivity index (χ4n) is 3.91. The fourth-order valence-corrected chi connectivity index (χ4v) is 4.04. The van der Waals surface area contributed by atoms with Gasteiger partial charge in [-0.1, -0.05) is 41.4 Å². The van der Waals surface area contributed by atoms with Gasteiger partial charge in [-0.15, -0.1) is 0 Å². The summed E-state index contributed by atoms with van der Waals surface area (Å²) >= 11 is 6.04. The van der Waals surface area contributed by atoms with E-state index in [0.29, 0.717) is 27.5 Å². The Morgan fingerprint density at radius 3 is 2.30 bits per heavy atom. The van der Waals surface area contributed by atoms with E-state index in [1.54, 1.807) is 60.4 Å². The van der Waals surface area contributed by atoms with Gasteiger partial charge in [0.25, 0.3) is 0 Å². The maximum atomic E-state index is 13.6. The minimum absolute atomic E-state index is 0.362. The third kappa shape index (κ3) is 3.11. The molecule has 6 heteroatoms. The number of urea groups is 1. The molecule has 1 fully saturated rings. The van der Waals surface area contributed by atoms with Crippen LogP contribution in [0, 0.1) is 18.3 Å². The fraction of sp³-hybridized carbons (Fsp3) is 0.167. The Morgan fingerprint density at radius 1 is 1.03 bits per heavy atom. The van der Waals surface area contributed by atoms with E-state index >= 15 is 0 Å². The van der Waals surface area contributed by atoms with Gasteiger partial charge in [0.15, 0.2) is 5.72 Å². The molecule has 0 spiro atoms. The molecular formula is C24H20ClN3O2. The van der Waals surface area contributed by atoms with Gasteiger partial charge in [0.2, 0.25) is 0 Å². The first-order chi connectivity index (χ1) is 14.4. The lowest BCUT2D eigenvalue weighted by atomic mass is 9.93. The molecule has 1 N–H and O–H groups in total. The quantitative estimate of drug-likeness (QED) is 0.636. The van der Waals surface area contributed by atoms with Crippen LogP contribution in [0.4, 0.5) is 16.2 Å². The Kier molecular flexibility index (Phi) is 4.98. The number of hydrogen-bond acceptors (Lipinski definition) is 3. The number of nitrogens with zero attached hydrogens (tertiary/aromatic N) is 3. The molecular weight excluding hydrogens is 398 g/mol. The van der Waals surface area contributed by atoms with Crippen LogP contribution in [0.3, 0.4) is 0 Å². The molecule has 1 saturated heterocycles. The highest BCUT2D eigenvalue weighted by Crippen LogP contribution is 2.44. The van der Waals surface area contributed by atoms with Gasteiger partial charge in [-0.2, -0.15) is 5.26 Å². The normalized spacial score (nSPS) is 21.0. The van der Waals surface area contributed by atoms with E-state index < -0.39 is 11.8 Å². The highest BCUT2D eigenvalue weighted by Gasteiger charge is 2.56. The maximum Gasteiger partial charge on any atom is 0.332 e. The summed E-state index contributed by atoms with van der Waals surface area (Å²) in [5.41, 5.74) is 1.45. The van der Waals surface area contributed by atoms with Crippen LogP contribution in [-0.2, 0) is 5.72 Å². The molecule has 0 bridgehead atoms. The molecule has 30 heavy (non-hydrogen) atoms.